The normalized spacial score (nSPS) is 13.5. The summed E-state index contributed by atoms with van der Waals surface area (Å²) in [6.07, 6.45) is 2.32. The van der Waals surface area contributed by atoms with Gasteiger partial charge in [0.05, 0.1) is 5.75 Å². The van der Waals surface area contributed by atoms with Crippen LogP contribution in [0.5, 0.6) is 0 Å². The molecule has 0 saturated carbocycles. The molecule has 0 bridgehead atoms. The number of hydrogen-bond donors (Lipinski definition) is 2. The Morgan fingerprint density at radius 3 is 2.80 bits per heavy atom. The Morgan fingerprint density at radius 2 is 2.33 bits per heavy atom. The maximum atomic E-state index is 11.4. The number of carbonyl (C=O) groups excluding carboxylic acids is 1. The zero-order valence-corrected chi connectivity index (χ0v) is 9.21. The first kappa shape index (κ1) is 11.6. The molecule has 1 aromatic heterocycles. The molecule has 1 atom stereocenters. The molecular formula is C7H12N4O3S. The molecule has 1 amide bonds. The van der Waals surface area contributed by atoms with Crippen molar-refractivity contribution in [1.82, 2.24) is 20.5 Å². The number of sulfone groups is 1. The van der Waals surface area contributed by atoms with Gasteiger partial charge in [-0.1, -0.05) is 0 Å². The molecule has 0 fully saturated rings. The number of rotatable bonds is 4. The van der Waals surface area contributed by atoms with Crippen LogP contribution in [0.4, 0.5) is 0 Å². The lowest BCUT2D eigenvalue weighted by Gasteiger charge is -2.10. The Morgan fingerprint density at radius 1 is 1.67 bits per heavy atom. The van der Waals surface area contributed by atoms with Crippen molar-refractivity contribution in [1.29, 1.82) is 0 Å². The van der Waals surface area contributed by atoms with Crippen molar-refractivity contribution in [3.05, 3.63) is 12.2 Å². The van der Waals surface area contributed by atoms with Gasteiger partial charge >= 0.3 is 0 Å². The Labute approximate surface area is 87.2 Å². The Bertz CT molecular complexity index is 425. The van der Waals surface area contributed by atoms with Gasteiger partial charge in [-0.05, 0) is 6.92 Å². The Balaban J connectivity index is 2.53. The van der Waals surface area contributed by atoms with Gasteiger partial charge in [0.1, 0.15) is 16.2 Å². The molecule has 0 aliphatic heterocycles. The van der Waals surface area contributed by atoms with E-state index in [-0.39, 0.29) is 11.6 Å². The molecular weight excluding hydrogens is 220 g/mol. The largest absolute Gasteiger partial charge is 0.346 e. The minimum atomic E-state index is -3.10. The van der Waals surface area contributed by atoms with Crippen molar-refractivity contribution >= 4 is 15.7 Å². The van der Waals surface area contributed by atoms with Crippen molar-refractivity contribution in [3.8, 4) is 0 Å². The van der Waals surface area contributed by atoms with E-state index in [4.69, 9.17) is 0 Å². The van der Waals surface area contributed by atoms with Crippen LogP contribution in [0.3, 0.4) is 0 Å². The summed E-state index contributed by atoms with van der Waals surface area (Å²) < 4.78 is 21.8. The van der Waals surface area contributed by atoms with Gasteiger partial charge in [-0.3, -0.25) is 9.89 Å². The lowest BCUT2D eigenvalue weighted by atomic mass is 10.4. The molecule has 0 aromatic carbocycles. The third-order valence-corrected chi connectivity index (χ3v) is 2.67. The highest BCUT2D eigenvalue weighted by molar-refractivity contribution is 7.90. The van der Waals surface area contributed by atoms with E-state index in [0.717, 1.165) is 6.26 Å². The summed E-state index contributed by atoms with van der Waals surface area (Å²) in [6, 6.07) is -0.461. The number of nitrogens with zero attached hydrogens (tertiary/aromatic N) is 2. The molecule has 0 aliphatic rings. The molecule has 0 spiro atoms. The van der Waals surface area contributed by atoms with E-state index < -0.39 is 21.8 Å². The standard InChI is InChI=1S/C7H12N4O3S/c1-5(3-15(2,13)14)10-7(12)6-8-4-9-11-6/h4-5H,3H2,1-2H3,(H,10,12)(H,8,9,11). The maximum Gasteiger partial charge on any atom is 0.288 e. The first-order valence-corrected chi connectivity index (χ1v) is 6.28. The van der Waals surface area contributed by atoms with Crippen LogP contribution in [-0.2, 0) is 9.84 Å². The number of aromatic amines is 1. The SMILES string of the molecule is CC(CS(C)(=O)=O)NC(=O)c1ncn[nH]1. The quantitative estimate of drug-likeness (QED) is 0.690. The summed E-state index contributed by atoms with van der Waals surface area (Å²) in [7, 11) is -3.10. The molecule has 2 N–H and O–H groups in total. The van der Waals surface area contributed by atoms with Crippen LogP contribution >= 0.6 is 0 Å². The number of aromatic nitrogens is 3. The lowest BCUT2D eigenvalue weighted by Crippen LogP contribution is -2.37. The minimum absolute atomic E-state index is 0.0651. The summed E-state index contributed by atoms with van der Waals surface area (Å²) in [5.41, 5.74) is 0. The zero-order valence-electron chi connectivity index (χ0n) is 8.39. The second kappa shape index (κ2) is 4.39. The highest BCUT2D eigenvalue weighted by Gasteiger charge is 2.15. The van der Waals surface area contributed by atoms with E-state index in [9.17, 15) is 13.2 Å². The molecule has 15 heavy (non-hydrogen) atoms. The van der Waals surface area contributed by atoms with Gasteiger partial charge in [0.2, 0.25) is 5.82 Å². The van der Waals surface area contributed by atoms with Gasteiger partial charge in [-0.2, -0.15) is 5.10 Å². The van der Waals surface area contributed by atoms with E-state index in [1.807, 2.05) is 0 Å². The summed E-state index contributed by atoms with van der Waals surface area (Å²) >= 11 is 0. The van der Waals surface area contributed by atoms with Crippen molar-refractivity contribution in [2.24, 2.45) is 0 Å². The third kappa shape index (κ3) is 4.07. The summed E-state index contributed by atoms with van der Waals surface area (Å²) in [5.74, 6) is -0.508. The van der Waals surface area contributed by atoms with Crippen LogP contribution in [0.1, 0.15) is 17.5 Å². The molecule has 1 unspecified atom stereocenters. The van der Waals surface area contributed by atoms with Crippen LogP contribution in [0.25, 0.3) is 0 Å². The number of amides is 1. The number of carbonyl (C=O) groups is 1. The van der Waals surface area contributed by atoms with E-state index in [2.05, 4.69) is 20.5 Å². The monoisotopic (exact) mass is 232 g/mol. The third-order valence-electron chi connectivity index (χ3n) is 1.56. The maximum absolute atomic E-state index is 11.4. The predicted octanol–water partition coefficient (Wildman–Crippen LogP) is -1.03. The van der Waals surface area contributed by atoms with Crippen molar-refractivity contribution in [2.75, 3.05) is 12.0 Å². The lowest BCUT2D eigenvalue weighted by molar-refractivity contribution is 0.0933. The van der Waals surface area contributed by atoms with Crippen molar-refractivity contribution < 1.29 is 13.2 Å². The average molecular weight is 232 g/mol. The van der Waals surface area contributed by atoms with Crippen LogP contribution in [-0.4, -0.2) is 47.6 Å². The van der Waals surface area contributed by atoms with Gasteiger partial charge in [0.15, 0.2) is 0 Å². The van der Waals surface area contributed by atoms with Gasteiger partial charge in [-0.25, -0.2) is 13.4 Å². The molecule has 7 nitrogen and oxygen atoms in total. The number of nitrogens with one attached hydrogen (secondary N) is 2. The van der Waals surface area contributed by atoms with Crippen molar-refractivity contribution in [2.45, 2.75) is 13.0 Å². The molecule has 0 aliphatic carbocycles. The summed E-state index contributed by atoms with van der Waals surface area (Å²) in [5, 5.41) is 8.38. The highest BCUT2D eigenvalue weighted by atomic mass is 32.2. The van der Waals surface area contributed by atoms with Gasteiger partial charge in [0, 0.05) is 12.3 Å². The van der Waals surface area contributed by atoms with Crippen LogP contribution in [0.2, 0.25) is 0 Å². The molecule has 0 saturated heterocycles. The van der Waals surface area contributed by atoms with Crippen molar-refractivity contribution in [3.63, 3.8) is 0 Å². The molecule has 1 rings (SSSR count). The summed E-state index contributed by atoms with van der Waals surface area (Å²) in [6.45, 7) is 1.61. The second-order valence-corrected chi connectivity index (χ2v) is 5.49. The second-order valence-electron chi connectivity index (χ2n) is 3.30. The summed E-state index contributed by atoms with van der Waals surface area (Å²) in [4.78, 5) is 15.0. The van der Waals surface area contributed by atoms with E-state index in [0.29, 0.717) is 0 Å². The molecule has 0 radical (unpaired) electrons. The van der Waals surface area contributed by atoms with Gasteiger partial charge in [0.25, 0.3) is 5.91 Å². The van der Waals surface area contributed by atoms with Crippen LogP contribution in [0.15, 0.2) is 6.33 Å². The zero-order chi connectivity index (χ0) is 11.5. The van der Waals surface area contributed by atoms with E-state index >= 15 is 0 Å². The fourth-order valence-corrected chi connectivity index (χ4v) is 2.09. The number of hydrogen-bond acceptors (Lipinski definition) is 5. The average Bonchev–Trinajstić information content (AvgIpc) is 2.50. The molecule has 1 heterocycles. The Hall–Kier alpha value is -1.44. The van der Waals surface area contributed by atoms with E-state index in [1.165, 1.54) is 6.33 Å². The van der Waals surface area contributed by atoms with E-state index in [1.54, 1.807) is 6.92 Å². The number of H-pyrrole nitrogens is 1. The molecule has 8 heteroatoms. The Kier molecular flexibility index (Phi) is 3.40. The highest BCUT2D eigenvalue weighted by Crippen LogP contribution is 1.92. The topological polar surface area (TPSA) is 105 Å². The smallest absolute Gasteiger partial charge is 0.288 e. The molecule has 1 aromatic rings. The fourth-order valence-electron chi connectivity index (χ4n) is 1.10. The van der Waals surface area contributed by atoms with Crippen LogP contribution in [0, 0.1) is 0 Å². The van der Waals surface area contributed by atoms with Gasteiger partial charge < -0.3 is 5.32 Å². The van der Waals surface area contributed by atoms with Gasteiger partial charge in [-0.15, -0.1) is 0 Å². The first-order valence-electron chi connectivity index (χ1n) is 4.22. The predicted molar refractivity (Wildman–Crippen MR) is 53.0 cm³/mol. The fraction of sp³-hybridized carbons (Fsp3) is 0.571. The molecule has 84 valence electrons. The minimum Gasteiger partial charge on any atom is -0.346 e. The first-order chi connectivity index (χ1) is 6.88. The van der Waals surface area contributed by atoms with Crippen LogP contribution < -0.4 is 5.32 Å².